The Balaban J connectivity index is 2.06. The fourth-order valence-electron chi connectivity index (χ4n) is 2.31. The van der Waals surface area contributed by atoms with Crippen molar-refractivity contribution in [2.24, 2.45) is 0 Å². The van der Waals surface area contributed by atoms with Crippen molar-refractivity contribution in [3.8, 4) is 11.1 Å². The summed E-state index contributed by atoms with van der Waals surface area (Å²) in [6, 6.07) is 9.48. The zero-order valence-corrected chi connectivity index (χ0v) is 12.4. The predicted octanol–water partition coefficient (Wildman–Crippen LogP) is 2.46. The molecule has 3 aromatic rings. The first-order valence-electron chi connectivity index (χ1n) is 6.98. The number of aromatic nitrogens is 3. The predicted molar refractivity (Wildman–Crippen MR) is 83.5 cm³/mol. The van der Waals surface area contributed by atoms with Crippen molar-refractivity contribution in [2.75, 3.05) is 12.3 Å². The van der Waals surface area contributed by atoms with Gasteiger partial charge in [0.15, 0.2) is 5.65 Å². The fraction of sp³-hybridized carbons (Fsp3) is 0.188. The average molecular weight is 296 g/mol. The second kappa shape index (κ2) is 5.48. The van der Waals surface area contributed by atoms with E-state index in [4.69, 9.17) is 10.5 Å². The maximum absolute atomic E-state index is 12.0. The normalized spacial score (nSPS) is 10.8. The lowest BCUT2D eigenvalue weighted by atomic mass is 10.0. The highest BCUT2D eigenvalue weighted by Gasteiger charge is 2.12. The molecule has 0 aliphatic rings. The van der Waals surface area contributed by atoms with E-state index in [-0.39, 0.29) is 11.9 Å². The van der Waals surface area contributed by atoms with Gasteiger partial charge in [-0.25, -0.2) is 9.31 Å². The van der Waals surface area contributed by atoms with Gasteiger partial charge >= 0.3 is 5.97 Å². The largest absolute Gasteiger partial charge is 0.462 e. The third-order valence-corrected chi connectivity index (χ3v) is 3.42. The highest BCUT2D eigenvalue weighted by Crippen LogP contribution is 2.24. The van der Waals surface area contributed by atoms with Crippen molar-refractivity contribution in [3.63, 3.8) is 0 Å². The molecule has 0 saturated carbocycles. The number of pyridine rings is 1. The number of carbonyl (C=O) groups is 1. The standard InChI is InChI=1S/C16H16N4O2/c1-3-22-15(21)13-8-11(5-4-10(13)2)12-6-7-20-14(9-12)18-16(17)19-20/h4-9H,3H2,1-2H3,(H2,17,19). The minimum atomic E-state index is -0.311. The van der Waals surface area contributed by atoms with Gasteiger partial charge in [0.2, 0.25) is 5.95 Å². The number of aryl methyl sites for hydroxylation is 1. The molecule has 0 unspecified atom stereocenters. The highest BCUT2D eigenvalue weighted by atomic mass is 16.5. The zero-order valence-electron chi connectivity index (χ0n) is 12.4. The summed E-state index contributed by atoms with van der Waals surface area (Å²) in [5.41, 5.74) is 9.56. The van der Waals surface area contributed by atoms with Crippen LogP contribution in [-0.4, -0.2) is 27.2 Å². The molecule has 6 heteroatoms. The molecule has 6 nitrogen and oxygen atoms in total. The molecule has 0 saturated heterocycles. The van der Waals surface area contributed by atoms with E-state index < -0.39 is 0 Å². The maximum atomic E-state index is 12.0. The quantitative estimate of drug-likeness (QED) is 0.751. The van der Waals surface area contributed by atoms with Gasteiger partial charge in [-0.15, -0.1) is 5.10 Å². The monoisotopic (exact) mass is 296 g/mol. The van der Waals surface area contributed by atoms with E-state index >= 15 is 0 Å². The van der Waals surface area contributed by atoms with Gasteiger partial charge in [0, 0.05) is 6.20 Å². The van der Waals surface area contributed by atoms with Crippen molar-refractivity contribution in [1.82, 2.24) is 14.6 Å². The molecular weight excluding hydrogens is 280 g/mol. The molecule has 1 aromatic carbocycles. The van der Waals surface area contributed by atoms with Gasteiger partial charge in [-0.3, -0.25) is 0 Å². The first-order chi connectivity index (χ1) is 10.6. The van der Waals surface area contributed by atoms with Gasteiger partial charge in [-0.05, 0) is 48.7 Å². The Morgan fingerprint density at radius 3 is 2.82 bits per heavy atom. The number of hydrogen-bond acceptors (Lipinski definition) is 5. The van der Waals surface area contributed by atoms with Gasteiger partial charge in [0.25, 0.3) is 0 Å². The van der Waals surface area contributed by atoms with E-state index in [1.807, 2.05) is 37.3 Å². The van der Waals surface area contributed by atoms with Crippen LogP contribution in [0.1, 0.15) is 22.8 Å². The number of nitrogens with zero attached hydrogens (tertiary/aromatic N) is 3. The van der Waals surface area contributed by atoms with Crippen LogP contribution in [0.25, 0.3) is 16.8 Å². The van der Waals surface area contributed by atoms with Gasteiger partial charge in [-0.1, -0.05) is 12.1 Å². The number of rotatable bonds is 3. The van der Waals surface area contributed by atoms with Gasteiger partial charge < -0.3 is 10.5 Å². The number of benzene rings is 1. The van der Waals surface area contributed by atoms with Crippen LogP contribution in [0.5, 0.6) is 0 Å². The molecule has 22 heavy (non-hydrogen) atoms. The Hall–Kier alpha value is -2.89. The first-order valence-corrected chi connectivity index (χ1v) is 6.98. The van der Waals surface area contributed by atoms with Crippen LogP contribution in [0, 0.1) is 6.92 Å². The SMILES string of the molecule is CCOC(=O)c1cc(-c2ccn3nc(N)nc3c2)ccc1C. The smallest absolute Gasteiger partial charge is 0.338 e. The van der Waals surface area contributed by atoms with E-state index in [1.54, 1.807) is 17.6 Å². The van der Waals surface area contributed by atoms with Crippen LogP contribution in [0.2, 0.25) is 0 Å². The molecule has 0 atom stereocenters. The van der Waals surface area contributed by atoms with Crippen LogP contribution >= 0.6 is 0 Å². The van der Waals surface area contributed by atoms with Crippen LogP contribution in [-0.2, 0) is 4.74 Å². The minimum Gasteiger partial charge on any atom is -0.462 e. The number of fused-ring (bicyclic) bond motifs is 1. The molecule has 112 valence electrons. The van der Waals surface area contributed by atoms with E-state index in [0.29, 0.717) is 17.8 Å². The Morgan fingerprint density at radius 2 is 2.05 bits per heavy atom. The van der Waals surface area contributed by atoms with E-state index in [9.17, 15) is 4.79 Å². The molecule has 0 bridgehead atoms. The summed E-state index contributed by atoms with van der Waals surface area (Å²) in [6.07, 6.45) is 1.79. The molecule has 2 N–H and O–H groups in total. The molecule has 0 fully saturated rings. The first kappa shape index (κ1) is 14.1. The summed E-state index contributed by atoms with van der Waals surface area (Å²) in [6.45, 7) is 4.03. The summed E-state index contributed by atoms with van der Waals surface area (Å²) in [5.74, 6) is -0.0806. The van der Waals surface area contributed by atoms with Crippen molar-refractivity contribution in [2.45, 2.75) is 13.8 Å². The lowest BCUT2D eigenvalue weighted by molar-refractivity contribution is 0.0525. The summed E-state index contributed by atoms with van der Waals surface area (Å²) >= 11 is 0. The third-order valence-electron chi connectivity index (χ3n) is 3.42. The second-order valence-corrected chi connectivity index (χ2v) is 4.94. The topological polar surface area (TPSA) is 82.5 Å². The van der Waals surface area contributed by atoms with Crippen LogP contribution < -0.4 is 5.73 Å². The highest BCUT2D eigenvalue weighted by molar-refractivity contribution is 5.92. The Kier molecular flexibility index (Phi) is 3.50. The van der Waals surface area contributed by atoms with Crippen molar-refractivity contribution >= 4 is 17.6 Å². The molecule has 0 amide bonds. The van der Waals surface area contributed by atoms with E-state index in [2.05, 4.69) is 10.1 Å². The van der Waals surface area contributed by atoms with Crippen molar-refractivity contribution in [1.29, 1.82) is 0 Å². The maximum Gasteiger partial charge on any atom is 0.338 e. The fourth-order valence-corrected chi connectivity index (χ4v) is 2.31. The molecule has 0 aliphatic heterocycles. The molecule has 2 aromatic heterocycles. The molecule has 0 radical (unpaired) electrons. The van der Waals surface area contributed by atoms with Crippen LogP contribution in [0.4, 0.5) is 5.95 Å². The van der Waals surface area contributed by atoms with Crippen molar-refractivity contribution < 1.29 is 9.53 Å². The number of nitrogens with two attached hydrogens (primary N) is 1. The number of ether oxygens (including phenoxy) is 1. The molecule has 0 aliphatic carbocycles. The number of nitrogen functional groups attached to an aromatic ring is 1. The number of carbonyl (C=O) groups excluding carboxylic acids is 1. The lowest BCUT2D eigenvalue weighted by Gasteiger charge is -2.08. The number of hydrogen-bond donors (Lipinski definition) is 1. The molecule has 0 spiro atoms. The number of anilines is 1. The summed E-state index contributed by atoms with van der Waals surface area (Å²) in [5, 5.41) is 4.04. The zero-order chi connectivity index (χ0) is 15.7. The average Bonchev–Trinajstić information content (AvgIpc) is 2.87. The van der Waals surface area contributed by atoms with E-state index in [1.165, 1.54) is 0 Å². The van der Waals surface area contributed by atoms with Crippen LogP contribution in [0.3, 0.4) is 0 Å². The van der Waals surface area contributed by atoms with Gasteiger partial charge in [-0.2, -0.15) is 4.98 Å². The summed E-state index contributed by atoms with van der Waals surface area (Å²) in [7, 11) is 0. The van der Waals surface area contributed by atoms with Crippen molar-refractivity contribution in [3.05, 3.63) is 47.7 Å². The Labute approximate surface area is 127 Å². The van der Waals surface area contributed by atoms with E-state index in [0.717, 1.165) is 16.7 Å². The molecular formula is C16H16N4O2. The molecule has 2 heterocycles. The summed E-state index contributed by atoms with van der Waals surface area (Å²) in [4.78, 5) is 16.1. The van der Waals surface area contributed by atoms with Gasteiger partial charge in [0.05, 0.1) is 12.2 Å². The van der Waals surface area contributed by atoms with Crippen LogP contribution in [0.15, 0.2) is 36.5 Å². The summed E-state index contributed by atoms with van der Waals surface area (Å²) < 4.78 is 6.70. The van der Waals surface area contributed by atoms with Gasteiger partial charge in [0.1, 0.15) is 0 Å². The number of esters is 1. The Morgan fingerprint density at radius 1 is 1.27 bits per heavy atom. The third kappa shape index (κ3) is 2.50. The lowest BCUT2D eigenvalue weighted by Crippen LogP contribution is -2.06. The Bertz CT molecular complexity index is 854. The second-order valence-electron chi connectivity index (χ2n) is 4.94. The molecule has 3 rings (SSSR count). The minimum absolute atomic E-state index is 0.230.